The van der Waals surface area contributed by atoms with Crippen LogP contribution < -0.4 is 5.32 Å². The molecule has 116 valence electrons. The molecule has 0 radical (unpaired) electrons. The number of nitrogens with zero attached hydrogens (tertiary/aromatic N) is 1. The van der Waals surface area contributed by atoms with E-state index < -0.39 is 0 Å². The lowest BCUT2D eigenvalue weighted by Gasteiger charge is -2.24. The molecule has 0 bridgehead atoms. The minimum Gasteiger partial charge on any atom is -0.459 e. The van der Waals surface area contributed by atoms with E-state index in [2.05, 4.69) is 41.4 Å². The first-order valence-electron chi connectivity index (χ1n) is 7.79. The van der Waals surface area contributed by atoms with Crippen molar-refractivity contribution in [3.05, 3.63) is 59.5 Å². The first-order valence-corrected chi connectivity index (χ1v) is 7.79. The summed E-state index contributed by atoms with van der Waals surface area (Å²) in [4.78, 5) is 14.6. The Balaban J connectivity index is 1.59. The van der Waals surface area contributed by atoms with Crippen LogP contribution in [0, 0.1) is 6.92 Å². The number of carbonyl (C=O) groups is 1. The predicted octanol–water partition coefficient (Wildman–Crippen LogP) is 3.15. The number of nitrogens with one attached hydrogen (secondary N) is 1. The van der Waals surface area contributed by atoms with Gasteiger partial charge in [-0.2, -0.15) is 0 Å². The van der Waals surface area contributed by atoms with Crippen molar-refractivity contribution in [2.45, 2.75) is 32.4 Å². The molecular formula is C18H22N2O2. The molecule has 2 aromatic rings. The lowest BCUT2D eigenvalue weighted by molar-refractivity contribution is 0.0907. The molecule has 1 aromatic carbocycles. The summed E-state index contributed by atoms with van der Waals surface area (Å²) in [5.41, 5.74) is 2.20. The minimum absolute atomic E-state index is 0.110. The fraction of sp³-hybridized carbons (Fsp3) is 0.389. The SMILES string of the molecule is Cc1ccoc1C(=O)N[C@@H]1CCN([C@@H](C)c2ccccc2)C1. The molecule has 0 aliphatic carbocycles. The van der Waals surface area contributed by atoms with E-state index in [4.69, 9.17) is 4.42 Å². The van der Waals surface area contributed by atoms with Crippen LogP contribution in [0.3, 0.4) is 0 Å². The van der Waals surface area contributed by atoms with Crippen molar-refractivity contribution in [1.29, 1.82) is 0 Å². The first kappa shape index (κ1) is 14.9. The van der Waals surface area contributed by atoms with Crippen molar-refractivity contribution in [2.75, 3.05) is 13.1 Å². The lowest BCUT2D eigenvalue weighted by atomic mass is 10.1. The Morgan fingerprint density at radius 3 is 2.77 bits per heavy atom. The second-order valence-corrected chi connectivity index (χ2v) is 5.97. The van der Waals surface area contributed by atoms with E-state index >= 15 is 0 Å². The van der Waals surface area contributed by atoms with Crippen molar-refractivity contribution in [1.82, 2.24) is 10.2 Å². The maximum atomic E-state index is 12.2. The molecule has 1 aliphatic heterocycles. The summed E-state index contributed by atoms with van der Waals surface area (Å²) in [6, 6.07) is 12.9. The fourth-order valence-corrected chi connectivity index (χ4v) is 3.06. The average molecular weight is 298 g/mol. The summed E-state index contributed by atoms with van der Waals surface area (Å²) >= 11 is 0. The lowest BCUT2D eigenvalue weighted by Crippen LogP contribution is -2.37. The van der Waals surface area contributed by atoms with E-state index in [0.717, 1.165) is 25.1 Å². The zero-order valence-corrected chi connectivity index (χ0v) is 13.1. The molecule has 2 atom stereocenters. The third-order valence-corrected chi connectivity index (χ3v) is 4.45. The van der Waals surface area contributed by atoms with Gasteiger partial charge in [0.05, 0.1) is 6.26 Å². The molecule has 0 saturated carbocycles. The van der Waals surface area contributed by atoms with E-state index in [-0.39, 0.29) is 11.9 Å². The van der Waals surface area contributed by atoms with Crippen molar-refractivity contribution in [3.63, 3.8) is 0 Å². The van der Waals surface area contributed by atoms with Crippen molar-refractivity contribution in [2.24, 2.45) is 0 Å². The van der Waals surface area contributed by atoms with Crippen LogP contribution in [0.5, 0.6) is 0 Å². The van der Waals surface area contributed by atoms with Crippen LogP contribution in [0.1, 0.15) is 41.1 Å². The van der Waals surface area contributed by atoms with E-state index in [9.17, 15) is 4.79 Å². The summed E-state index contributed by atoms with van der Waals surface area (Å²) in [5.74, 6) is 0.316. The van der Waals surface area contributed by atoms with Crippen LogP contribution in [-0.2, 0) is 0 Å². The van der Waals surface area contributed by atoms with Gasteiger partial charge in [0.25, 0.3) is 5.91 Å². The standard InChI is InChI=1S/C18H22N2O2/c1-13-9-11-22-17(13)18(21)19-16-8-10-20(12-16)14(2)15-6-4-3-5-7-15/h3-7,9,11,14,16H,8,10,12H2,1-2H3,(H,19,21)/t14-,16+/m0/s1. The molecule has 1 aliphatic rings. The Bertz CT molecular complexity index is 636. The summed E-state index contributed by atoms with van der Waals surface area (Å²) in [7, 11) is 0. The summed E-state index contributed by atoms with van der Waals surface area (Å²) in [5, 5.41) is 3.08. The largest absolute Gasteiger partial charge is 0.459 e. The number of furan rings is 1. The van der Waals surface area contributed by atoms with Crippen LogP contribution in [-0.4, -0.2) is 29.9 Å². The number of carbonyl (C=O) groups excluding carboxylic acids is 1. The Kier molecular flexibility index (Phi) is 4.29. The Labute approximate surface area is 131 Å². The maximum Gasteiger partial charge on any atom is 0.287 e. The van der Waals surface area contributed by atoms with E-state index in [1.807, 2.05) is 19.1 Å². The van der Waals surface area contributed by atoms with Crippen LogP contribution in [0.25, 0.3) is 0 Å². The molecule has 4 nitrogen and oxygen atoms in total. The molecule has 1 amide bonds. The van der Waals surface area contributed by atoms with Crippen molar-refractivity contribution < 1.29 is 9.21 Å². The quantitative estimate of drug-likeness (QED) is 0.943. The number of rotatable bonds is 4. The number of hydrogen-bond donors (Lipinski definition) is 1. The van der Waals surface area contributed by atoms with E-state index in [0.29, 0.717) is 11.8 Å². The second-order valence-electron chi connectivity index (χ2n) is 5.97. The molecule has 3 rings (SSSR count). The monoisotopic (exact) mass is 298 g/mol. The number of likely N-dealkylation sites (tertiary alicyclic amines) is 1. The third-order valence-electron chi connectivity index (χ3n) is 4.45. The number of amides is 1. The van der Waals surface area contributed by atoms with Gasteiger partial charge < -0.3 is 9.73 Å². The Morgan fingerprint density at radius 1 is 1.32 bits per heavy atom. The molecular weight excluding hydrogens is 276 g/mol. The smallest absolute Gasteiger partial charge is 0.287 e. The van der Waals surface area contributed by atoms with Gasteiger partial charge >= 0.3 is 0 Å². The zero-order chi connectivity index (χ0) is 15.5. The van der Waals surface area contributed by atoms with Crippen molar-refractivity contribution >= 4 is 5.91 Å². The molecule has 1 aromatic heterocycles. The molecule has 0 unspecified atom stereocenters. The zero-order valence-electron chi connectivity index (χ0n) is 13.1. The maximum absolute atomic E-state index is 12.2. The highest BCUT2D eigenvalue weighted by Crippen LogP contribution is 2.24. The van der Waals surface area contributed by atoms with Gasteiger partial charge in [0.2, 0.25) is 0 Å². The molecule has 4 heteroatoms. The number of hydrogen-bond acceptors (Lipinski definition) is 3. The Morgan fingerprint density at radius 2 is 2.09 bits per heavy atom. The van der Waals surface area contributed by atoms with Crippen molar-refractivity contribution in [3.8, 4) is 0 Å². The van der Waals surface area contributed by atoms with Gasteiger partial charge in [-0.15, -0.1) is 0 Å². The van der Waals surface area contributed by atoms with Gasteiger partial charge in [0.1, 0.15) is 0 Å². The highest BCUT2D eigenvalue weighted by atomic mass is 16.3. The number of aryl methyl sites for hydroxylation is 1. The molecule has 1 saturated heterocycles. The van der Waals surface area contributed by atoms with Crippen LogP contribution in [0.4, 0.5) is 0 Å². The highest BCUT2D eigenvalue weighted by Gasteiger charge is 2.28. The summed E-state index contributed by atoms with van der Waals surface area (Å²) in [6.45, 7) is 5.98. The van der Waals surface area contributed by atoms with Crippen LogP contribution in [0.15, 0.2) is 47.1 Å². The summed E-state index contributed by atoms with van der Waals surface area (Å²) < 4.78 is 5.25. The van der Waals surface area contributed by atoms with E-state index in [1.165, 1.54) is 5.56 Å². The molecule has 0 spiro atoms. The average Bonchev–Trinajstić information content (AvgIpc) is 3.16. The highest BCUT2D eigenvalue weighted by molar-refractivity contribution is 5.93. The third kappa shape index (κ3) is 3.07. The molecule has 2 heterocycles. The van der Waals surface area contributed by atoms with Gasteiger partial charge in [0.15, 0.2) is 5.76 Å². The predicted molar refractivity (Wildman–Crippen MR) is 85.7 cm³/mol. The molecule has 22 heavy (non-hydrogen) atoms. The summed E-state index contributed by atoms with van der Waals surface area (Å²) in [6.07, 6.45) is 2.53. The molecule has 1 N–H and O–H groups in total. The molecule has 1 fully saturated rings. The van der Waals surface area contributed by atoms with Gasteiger partial charge in [-0.25, -0.2) is 0 Å². The van der Waals surface area contributed by atoms with Gasteiger partial charge in [-0.3, -0.25) is 9.69 Å². The van der Waals surface area contributed by atoms with Gasteiger partial charge in [0, 0.05) is 30.7 Å². The number of benzene rings is 1. The van der Waals surface area contributed by atoms with E-state index in [1.54, 1.807) is 6.26 Å². The second kappa shape index (κ2) is 6.36. The Hall–Kier alpha value is -2.07. The minimum atomic E-state index is -0.110. The fourth-order valence-electron chi connectivity index (χ4n) is 3.06. The van der Waals surface area contributed by atoms with Crippen LogP contribution in [0.2, 0.25) is 0 Å². The normalized spacial score (nSPS) is 20.0. The first-order chi connectivity index (χ1) is 10.6. The topological polar surface area (TPSA) is 45.5 Å². The van der Waals surface area contributed by atoms with Crippen LogP contribution >= 0.6 is 0 Å². The van der Waals surface area contributed by atoms with Gasteiger partial charge in [-0.1, -0.05) is 30.3 Å². The van der Waals surface area contributed by atoms with Gasteiger partial charge in [-0.05, 0) is 31.9 Å².